The minimum atomic E-state index is 0.113. The SMILES string of the molecule is CC1CCC(NC(=O)CSc2nnc(C3CC3)n2Cc2ccccc2)CC1. The van der Waals surface area contributed by atoms with Crippen LogP contribution in [-0.2, 0) is 11.3 Å². The fraction of sp³-hybridized carbons (Fsp3) is 0.571. The van der Waals surface area contributed by atoms with Gasteiger partial charge in [-0.2, -0.15) is 0 Å². The number of thioether (sulfide) groups is 1. The van der Waals surface area contributed by atoms with Crippen LogP contribution in [0.25, 0.3) is 0 Å². The molecule has 0 saturated heterocycles. The first-order chi connectivity index (χ1) is 13.2. The Balaban J connectivity index is 1.37. The Bertz CT molecular complexity index is 764. The highest BCUT2D eigenvalue weighted by atomic mass is 32.2. The highest BCUT2D eigenvalue weighted by molar-refractivity contribution is 7.99. The molecular weight excluding hydrogens is 356 g/mol. The van der Waals surface area contributed by atoms with Crippen molar-refractivity contribution in [3.05, 3.63) is 41.7 Å². The summed E-state index contributed by atoms with van der Waals surface area (Å²) < 4.78 is 2.20. The van der Waals surface area contributed by atoms with Gasteiger partial charge in [-0.25, -0.2) is 0 Å². The Morgan fingerprint density at radius 1 is 1.11 bits per heavy atom. The third kappa shape index (κ3) is 4.92. The number of nitrogens with zero attached hydrogens (tertiary/aromatic N) is 3. The van der Waals surface area contributed by atoms with Crippen molar-refractivity contribution in [2.24, 2.45) is 5.92 Å². The predicted molar refractivity (Wildman–Crippen MR) is 108 cm³/mol. The lowest BCUT2D eigenvalue weighted by Crippen LogP contribution is -2.38. The van der Waals surface area contributed by atoms with Gasteiger partial charge in [-0.15, -0.1) is 10.2 Å². The highest BCUT2D eigenvalue weighted by Gasteiger charge is 2.30. The molecule has 0 spiro atoms. The van der Waals surface area contributed by atoms with Crippen LogP contribution in [0.4, 0.5) is 0 Å². The average Bonchev–Trinajstić information content (AvgIpc) is 3.45. The van der Waals surface area contributed by atoms with Crippen molar-refractivity contribution in [1.29, 1.82) is 0 Å². The number of aromatic nitrogens is 3. The Hall–Kier alpha value is -1.82. The van der Waals surface area contributed by atoms with Gasteiger partial charge < -0.3 is 9.88 Å². The molecule has 6 heteroatoms. The lowest BCUT2D eigenvalue weighted by Gasteiger charge is -2.26. The first-order valence-electron chi connectivity index (χ1n) is 10.1. The molecule has 0 atom stereocenters. The molecule has 4 rings (SSSR count). The molecule has 2 aromatic rings. The molecule has 2 saturated carbocycles. The number of benzene rings is 1. The summed E-state index contributed by atoms with van der Waals surface area (Å²) in [4.78, 5) is 12.4. The number of carbonyl (C=O) groups is 1. The van der Waals surface area contributed by atoms with Gasteiger partial charge in [0.05, 0.1) is 12.3 Å². The normalized spacial score (nSPS) is 22.6. The van der Waals surface area contributed by atoms with Crippen LogP contribution in [-0.4, -0.2) is 32.5 Å². The van der Waals surface area contributed by atoms with Crippen LogP contribution >= 0.6 is 11.8 Å². The van der Waals surface area contributed by atoms with E-state index in [0.717, 1.165) is 36.3 Å². The molecule has 5 nitrogen and oxygen atoms in total. The number of hydrogen-bond donors (Lipinski definition) is 1. The third-order valence-electron chi connectivity index (χ3n) is 5.58. The van der Waals surface area contributed by atoms with Crippen molar-refractivity contribution in [1.82, 2.24) is 20.1 Å². The lowest BCUT2D eigenvalue weighted by atomic mass is 9.87. The molecule has 0 unspecified atom stereocenters. The Morgan fingerprint density at radius 2 is 1.85 bits per heavy atom. The van der Waals surface area contributed by atoms with Gasteiger partial charge in [0, 0.05) is 12.0 Å². The van der Waals surface area contributed by atoms with E-state index in [0.29, 0.717) is 17.7 Å². The molecule has 1 aromatic carbocycles. The lowest BCUT2D eigenvalue weighted by molar-refractivity contribution is -0.119. The monoisotopic (exact) mass is 384 g/mol. The van der Waals surface area contributed by atoms with Crippen LogP contribution in [0.3, 0.4) is 0 Å². The number of rotatable bonds is 7. The van der Waals surface area contributed by atoms with Crippen LogP contribution in [0.1, 0.15) is 62.8 Å². The summed E-state index contributed by atoms with van der Waals surface area (Å²) in [5.41, 5.74) is 1.24. The molecule has 1 N–H and O–H groups in total. The van der Waals surface area contributed by atoms with Crippen molar-refractivity contribution in [3.63, 3.8) is 0 Å². The second-order valence-electron chi connectivity index (χ2n) is 8.00. The van der Waals surface area contributed by atoms with Gasteiger partial charge in [-0.1, -0.05) is 49.0 Å². The first-order valence-corrected chi connectivity index (χ1v) is 11.1. The Morgan fingerprint density at radius 3 is 2.56 bits per heavy atom. The molecule has 0 radical (unpaired) electrons. The Kier molecular flexibility index (Phi) is 5.81. The summed E-state index contributed by atoms with van der Waals surface area (Å²) in [6.45, 7) is 3.06. The molecule has 27 heavy (non-hydrogen) atoms. The maximum absolute atomic E-state index is 12.4. The number of carbonyl (C=O) groups excluding carboxylic acids is 1. The van der Waals surface area contributed by atoms with Crippen molar-refractivity contribution < 1.29 is 4.79 Å². The van der Waals surface area contributed by atoms with Crippen molar-refractivity contribution in [2.75, 3.05) is 5.75 Å². The predicted octanol–water partition coefficient (Wildman–Crippen LogP) is 3.99. The molecule has 1 aromatic heterocycles. The van der Waals surface area contributed by atoms with E-state index in [9.17, 15) is 4.79 Å². The van der Waals surface area contributed by atoms with E-state index in [1.807, 2.05) is 6.07 Å². The van der Waals surface area contributed by atoms with Gasteiger partial charge in [-0.05, 0) is 50.0 Å². The van der Waals surface area contributed by atoms with Crippen LogP contribution < -0.4 is 5.32 Å². The summed E-state index contributed by atoms with van der Waals surface area (Å²) in [5.74, 6) is 2.92. The fourth-order valence-electron chi connectivity index (χ4n) is 3.77. The van der Waals surface area contributed by atoms with E-state index in [-0.39, 0.29) is 5.91 Å². The Labute approximate surface area is 165 Å². The first kappa shape index (κ1) is 18.5. The highest BCUT2D eigenvalue weighted by Crippen LogP contribution is 2.40. The molecule has 144 valence electrons. The van der Waals surface area contributed by atoms with Crippen LogP contribution in [0, 0.1) is 5.92 Å². The number of hydrogen-bond acceptors (Lipinski definition) is 4. The van der Waals surface area contributed by atoms with Crippen LogP contribution in [0.2, 0.25) is 0 Å². The zero-order valence-electron chi connectivity index (χ0n) is 15.9. The number of nitrogens with one attached hydrogen (secondary N) is 1. The van der Waals surface area contributed by atoms with Gasteiger partial charge >= 0.3 is 0 Å². The maximum Gasteiger partial charge on any atom is 0.230 e. The zero-order chi connectivity index (χ0) is 18.6. The molecule has 0 aliphatic heterocycles. The maximum atomic E-state index is 12.4. The molecule has 0 bridgehead atoms. The topological polar surface area (TPSA) is 59.8 Å². The van der Waals surface area contributed by atoms with E-state index in [4.69, 9.17) is 0 Å². The number of amides is 1. The second-order valence-corrected chi connectivity index (χ2v) is 8.94. The van der Waals surface area contributed by atoms with Crippen LogP contribution in [0.15, 0.2) is 35.5 Å². The summed E-state index contributed by atoms with van der Waals surface area (Å²) >= 11 is 1.51. The largest absolute Gasteiger partial charge is 0.353 e. The molecule has 2 aliphatic carbocycles. The quantitative estimate of drug-likeness (QED) is 0.733. The van der Waals surface area contributed by atoms with Crippen molar-refractivity contribution in [2.45, 2.75) is 69.1 Å². The minimum absolute atomic E-state index is 0.113. The standard InChI is InChI=1S/C21H28N4OS/c1-15-7-11-18(12-8-15)22-19(26)14-27-21-24-23-20(17-9-10-17)25(21)13-16-5-3-2-4-6-16/h2-6,15,17-18H,7-14H2,1H3,(H,22,26). The molecule has 1 heterocycles. The van der Waals surface area contributed by atoms with E-state index in [2.05, 4.69) is 51.3 Å². The second kappa shape index (κ2) is 8.46. The molecule has 1 amide bonds. The fourth-order valence-corrected chi connectivity index (χ4v) is 4.52. The summed E-state index contributed by atoms with van der Waals surface area (Å²) in [7, 11) is 0. The van der Waals surface area contributed by atoms with Crippen LogP contribution in [0.5, 0.6) is 0 Å². The van der Waals surface area contributed by atoms with E-state index < -0.39 is 0 Å². The summed E-state index contributed by atoms with van der Waals surface area (Å²) in [6, 6.07) is 10.7. The smallest absolute Gasteiger partial charge is 0.230 e. The summed E-state index contributed by atoms with van der Waals surface area (Å²) in [6.07, 6.45) is 7.03. The third-order valence-corrected chi connectivity index (χ3v) is 6.55. The van der Waals surface area contributed by atoms with E-state index in [1.165, 1.54) is 43.0 Å². The zero-order valence-corrected chi connectivity index (χ0v) is 16.8. The molecular formula is C21H28N4OS. The van der Waals surface area contributed by atoms with E-state index >= 15 is 0 Å². The van der Waals surface area contributed by atoms with E-state index in [1.54, 1.807) is 0 Å². The van der Waals surface area contributed by atoms with Gasteiger partial charge in [0.25, 0.3) is 0 Å². The van der Waals surface area contributed by atoms with Gasteiger partial charge in [0.2, 0.25) is 5.91 Å². The molecule has 2 aliphatic rings. The van der Waals surface area contributed by atoms with Gasteiger partial charge in [0.1, 0.15) is 5.82 Å². The minimum Gasteiger partial charge on any atom is -0.353 e. The average molecular weight is 385 g/mol. The van der Waals surface area contributed by atoms with Gasteiger partial charge in [0.15, 0.2) is 5.16 Å². The van der Waals surface area contributed by atoms with Crippen molar-refractivity contribution >= 4 is 17.7 Å². The van der Waals surface area contributed by atoms with Crippen molar-refractivity contribution in [3.8, 4) is 0 Å². The summed E-state index contributed by atoms with van der Waals surface area (Å²) in [5, 5.41) is 12.9. The molecule has 2 fully saturated rings. The van der Waals surface area contributed by atoms with Gasteiger partial charge in [-0.3, -0.25) is 4.79 Å².